The number of fused-ring (bicyclic) bond motifs is 1. The zero-order valence-corrected chi connectivity index (χ0v) is 18.8. The van der Waals surface area contributed by atoms with Crippen molar-refractivity contribution >= 4 is 38.8 Å². The maximum atomic E-state index is 14.1. The van der Waals surface area contributed by atoms with Gasteiger partial charge < -0.3 is 4.74 Å². The van der Waals surface area contributed by atoms with Crippen LogP contribution in [-0.4, -0.2) is 12.1 Å². The van der Waals surface area contributed by atoms with Gasteiger partial charge in [-0.25, -0.2) is 9.82 Å². The molecule has 0 saturated carbocycles. The fourth-order valence-corrected chi connectivity index (χ4v) is 3.53. The van der Waals surface area contributed by atoms with Crippen LogP contribution in [0.15, 0.2) is 88.4 Å². The van der Waals surface area contributed by atoms with Gasteiger partial charge in [-0.05, 0) is 52.7 Å². The number of benzene rings is 4. The Kier molecular flexibility index (Phi) is 6.77. The number of nitrogens with zero attached hydrogens (tertiary/aromatic N) is 2. The molecule has 7 heteroatoms. The number of ether oxygens (including phenoxy) is 1. The van der Waals surface area contributed by atoms with Crippen LogP contribution < -0.4 is 10.2 Å². The van der Waals surface area contributed by atoms with Crippen LogP contribution in [0.1, 0.15) is 27.0 Å². The Morgan fingerprint density at radius 3 is 2.64 bits per heavy atom. The van der Waals surface area contributed by atoms with E-state index in [0.717, 1.165) is 26.9 Å². The zero-order chi connectivity index (χ0) is 23.2. The summed E-state index contributed by atoms with van der Waals surface area (Å²) in [4.78, 5) is 12.4. The Morgan fingerprint density at radius 2 is 1.88 bits per heavy atom. The molecule has 162 valence electrons. The Bertz CT molecular complexity index is 1400. The Hall–Kier alpha value is -4.02. The van der Waals surface area contributed by atoms with E-state index >= 15 is 0 Å². The largest absolute Gasteiger partial charge is 0.488 e. The number of nitrogens with one attached hydrogen (secondary N) is 1. The molecule has 0 unspecified atom stereocenters. The van der Waals surface area contributed by atoms with Crippen molar-refractivity contribution in [3.63, 3.8) is 0 Å². The monoisotopic (exact) mass is 501 g/mol. The molecule has 33 heavy (non-hydrogen) atoms. The predicted molar refractivity (Wildman–Crippen MR) is 129 cm³/mol. The van der Waals surface area contributed by atoms with Gasteiger partial charge in [-0.2, -0.15) is 10.4 Å². The molecule has 0 heterocycles. The minimum atomic E-state index is -0.787. The number of hydrazone groups is 1. The van der Waals surface area contributed by atoms with Gasteiger partial charge in [-0.15, -0.1) is 0 Å². The molecule has 0 aliphatic rings. The SMILES string of the molecule is N#Cc1ccc(C(=O)N/N=C\c2c(OCc3ccc(Br)cc3)ccc3ccccc23)c(F)c1. The highest BCUT2D eigenvalue weighted by Gasteiger charge is 2.12. The van der Waals surface area contributed by atoms with Crippen LogP contribution in [0.3, 0.4) is 0 Å². The van der Waals surface area contributed by atoms with E-state index in [1.165, 1.54) is 18.3 Å². The van der Waals surface area contributed by atoms with E-state index < -0.39 is 11.7 Å². The number of rotatable bonds is 6. The third-order valence-electron chi connectivity index (χ3n) is 4.94. The summed E-state index contributed by atoms with van der Waals surface area (Å²) in [7, 11) is 0. The summed E-state index contributed by atoms with van der Waals surface area (Å²) in [6, 6.07) is 24.8. The highest BCUT2D eigenvalue weighted by atomic mass is 79.9. The smallest absolute Gasteiger partial charge is 0.274 e. The third kappa shape index (κ3) is 5.25. The molecule has 5 nitrogen and oxygen atoms in total. The summed E-state index contributed by atoms with van der Waals surface area (Å²) >= 11 is 3.42. The van der Waals surface area contributed by atoms with E-state index in [9.17, 15) is 9.18 Å². The molecule has 0 radical (unpaired) electrons. The molecule has 4 rings (SSSR count). The van der Waals surface area contributed by atoms with Crippen molar-refractivity contribution in [2.24, 2.45) is 5.10 Å². The predicted octanol–water partition coefficient (Wildman–Crippen LogP) is 5.96. The van der Waals surface area contributed by atoms with Crippen molar-refractivity contribution in [3.8, 4) is 11.8 Å². The van der Waals surface area contributed by atoms with Gasteiger partial charge >= 0.3 is 0 Å². The number of carbonyl (C=O) groups is 1. The standard InChI is InChI=1S/C26H17BrFN3O2/c27-20-9-5-17(6-10-20)16-33-25-12-8-19-3-1-2-4-21(19)23(25)15-30-31-26(32)22-11-7-18(14-29)13-24(22)28/h1-13,15H,16H2,(H,31,32)/b30-15-. The van der Waals surface area contributed by atoms with E-state index in [0.29, 0.717) is 17.9 Å². The summed E-state index contributed by atoms with van der Waals surface area (Å²) in [5.41, 5.74) is 3.97. The van der Waals surface area contributed by atoms with Crippen LogP contribution in [0.2, 0.25) is 0 Å². The number of nitriles is 1. The summed E-state index contributed by atoms with van der Waals surface area (Å²) in [6.07, 6.45) is 1.48. The van der Waals surface area contributed by atoms with Crippen molar-refractivity contribution < 1.29 is 13.9 Å². The first-order valence-electron chi connectivity index (χ1n) is 9.97. The molecule has 1 N–H and O–H groups in total. The van der Waals surface area contributed by atoms with Gasteiger partial charge in [0, 0.05) is 10.0 Å². The Balaban J connectivity index is 1.58. The maximum Gasteiger partial charge on any atom is 0.274 e. The van der Waals surface area contributed by atoms with E-state index in [4.69, 9.17) is 10.00 Å². The molecule has 0 fully saturated rings. The number of carbonyl (C=O) groups excluding carboxylic acids is 1. The van der Waals surface area contributed by atoms with Gasteiger partial charge in [0.2, 0.25) is 0 Å². The van der Waals surface area contributed by atoms with Crippen LogP contribution >= 0.6 is 15.9 Å². The first kappa shape index (κ1) is 22.2. The van der Waals surface area contributed by atoms with E-state index in [-0.39, 0.29) is 11.1 Å². The lowest BCUT2D eigenvalue weighted by atomic mass is 10.0. The van der Waals surface area contributed by atoms with E-state index in [2.05, 4.69) is 26.5 Å². The van der Waals surface area contributed by atoms with Crippen LogP contribution in [0.5, 0.6) is 5.75 Å². The van der Waals surface area contributed by atoms with Gasteiger partial charge in [0.25, 0.3) is 5.91 Å². The number of hydrogen-bond donors (Lipinski definition) is 1. The minimum absolute atomic E-state index is 0.135. The van der Waals surface area contributed by atoms with Gasteiger partial charge in [0.15, 0.2) is 0 Å². The quantitative estimate of drug-likeness (QED) is 0.261. The number of amides is 1. The molecule has 0 aromatic heterocycles. The second-order valence-corrected chi connectivity index (χ2v) is 8.03. The summed E-state index contributed by atoms with van der Waals surface area (Å²) in [6.45, 7) is 0.356. The van der Waals surface area contributed by atoms with Crippen molar-refractivity contribution in [1.82, 2.24) is 5.43 Å². The van der Waals surface area contributed by atoms with Crippen molar-refractivity contribution in [3.05, 3.63) is 111 Å². The molecule has 0 aliphatic carbocycles. The lowest BCUT2D eigenvalue weighted by Gasteiger charge is -2.12. The molecular weight excluding hydrogens is 485 g/mol. The second kappa shape index (κ2) is 10.1. The van der Waals surface area contributed by atoms with Gasteiger partial charge in [-0.1, -0.05) is 58.4 Å². The van der Waals surface area contributed by atoms with Crippen LogP contribution in [0.25, 0.3) is 10.8 Å². The fourth-order valence-electron chi connectivity index (χ4n) is 3.26. The second-order valence-electron chi connectivity index (χ2n) is 7.12. The van der Waals surface area contributed by atoms with Crippen molar-refractivity contribution in [2.45, 2.75) is 6.61 Å². The molecule has 0 aliphatic heterocycles. The van der Waals surface area contributed by atoms with Gasteiger partial charge in [-0.3, -0.25) is 4.79 Å². The molecule has 4 aromatic rings. The lowest BCUT2D eigenvalue weighted by molar-refractivity contribution is 0.0951. The molecule has 0 atom stereocenters. The molecular formula is C26H17BrFN3O2. The third-order valence-corrected chi connectivity index (χ3v) is 5.47. The summed E-state index contributed by atoms with van der Waals surface area (Å²) in [5, 5.41) is 14.8. The van der Waals surface area contributed by atoms with Crippen LogP contribution in [-0.2, 0) is 6.61 Å². The average Bonchev–Trinajstić information content (AvgIpc) is 2.84. The summed E-state index contributed by atoms with van der Waals surface area (Å²) < 4.78 is 21.1. The average molecular weight is 502 g/mol. The molecule has 0 spiro atoms. The fraction of sp³-hybridized carbons (Fsp3) is 0.0385. The first-order valence-corrected chi connectivity index (χ1v) is 10.8. The number of halogens is 2. The molecule has 4 aromatic carbocycles. The zero-order valence-electron chi connectivity index (χ0n) is 17.3. The maximum absolute atomic E-state index is 14.1. The van der Waals surface area contributed by atoms with E-state index in [1.54, 1.807) is 0 Å². The van der Waals surface area contributed by atoms with Crippen LogP contribution in [0.4, 0.5) is 4.39 Å². The number of hydrogen-bond acceptors (Lipinski definition) is 4. The van der Waals surface area contributed by atoms with E-state index in [1.807, 2.05) is 66.7 Å². The molecule has 1 amide bonds. The topological polar surface area (TPSA) is 74.5 Å². The molecule has 0 saturated heterocycles. The van der Waals surface area contributed by atoms with Gasteiger partial charge in [0.1, 0.15) is 18.2 Å². The molecule has 0 bridgehead atoms. The lowest BCUT2D eigenvalue weighted by Crippen LogP contribution is -2.19. The highest BCUT2D eigenvalue weighted by Crippen LogP contribution is 2.27. The highest BCUT2D eigenvalue weighted by molar-refractivity contribution is 9.10. The van der Waals surface area contributed by atoms with Gasteiger partial charge in [0.05, 0.1) is 23.4 Å². The van der Waals surface area contributed by atoms with Crippen molar-refractivity contribution in [2.75, 3.05) is 0 Å². The van der Waals surface area contributed by atoms with Crippen LogP contribution in [0, 0.1) is 17.1 Å². The van der Waals surface area contributed by atoms with Crippen molar-refractivity contribution in [1.29, 1.82) is 5.26 Å². The minimum Gasteiger partial charge on any atom is -0.488 e. The normalized spacial score (nSPS) is 10.8. The Labute approximate surface area is 198 Å². The Morgan fingerprint density at radius 1 is 1.09 bits per heavy atom. The first-order chi connectivity index (χ1) is 16.0. The summed E-state index contributed by atoms with van der Waals surface area (Å²) in [5.74, 6) is -0.907.